The molecule has 0 radical (unpaired) electrons. The van der Waals surface area contributed by atoms with Gasteiger partial charge in [0.2, 0.25) is 0 Å². The van der Waals surface area contributed by atoms with Crippen LogP contribution in [0.1, 0.15) is 43.6 Å². The van der Waals surface area contributed by atoms with E-state index in [4.69, 9.17) is 11.6 Å². The zero-order valence-corrected chi connectivity index (χ0v) is 13.1. The number of halogens is 2. The molecular weight excluding hydrogens is 331 g/mol. The van der Waals surface area contributed by atoms with Gasteiger partial charge in [0.15, 0.2) is 0 Å². The Kier molecular flexibility index (Phi) is 8.70. The fourth-order valence-corrected chi connectivity index (χ4v) is 2.45. The standard InChI is InChI=1S/C12H14Cl.HI.Mg/c13-12-9-5-4-8-11(12)10-6-2-1-3-7-10;;/h4,8-10H,1-3,6-7H2;1H;/q-1;;+2/p-1. The molecule has 0 aliphatic heterocycles. The first-order valence-corrected chi connectivity index (χ1v) is 5.41. The predicted molar refractivity (Wildman–Crippen MR) is 61.9 cm³/mol. The van der Waals surface area contributed by atoms with E-state index in [9.17, 15) is 0 Å². The van der Waals surface area contributed by atoms with Gasteiger partial charge >= 0.3 is 23.1 Å². The van der Waals surface area contributed by atoms with Gasteiger partial charge in [-0.15, -0.1) is 5.56 Å². The molecule has 15 heavy (non-hydrogen) atoms. The molecule has 0 unspecified atom stereocenters. The van der Waals surface area contributed by atoms with Crippen LogP contribution < -0.4 is 24.0 Å². The van der Waals surface area contributed by atoms with E-state index in [1.165, 1.54) is 37.7 Å². The maximum Gasteiger partial charge on any atom is 2.00 e. The Morgan fingerprint density at radius 2 is 1.87 bits per heavy atom. The molecule has 78 valence electrons. The second-order valence-corrected chi connectivity index (χ2v) is 4.19. The van der Waals surface area contributed by atoms with Crippen molar-refractivity contribution in [2.75, 3.05) is 0 Å². The maximum atomic E-state index is 6.13. The van der Waals surface area contributed by atoms with E-state index in [2.05, 4.69) is 12.1 Å². The summed E-state index contributed by atoms with van der Waals surface area (Å²) in [6, 6.07) is 8.98. The Morgan fingerprint density at radius 1 is 1.20 bits per heavy atom. The third kappa shape index (κ3) is 4.40. The molecule has 0 atom stereocenters. The van der Waals surface area contributed by atoms with Crippen LogP contribution in [0.3, 0.4) is 0 Å². The van der Waals surface area contributed by atoms with E-state index >= 15 is 0 Å². The van der Waals surface area contributed by atoms with Gasteiger partial charge < -0.3 is 24.0 Å². The van der Waals surface area contributed by atoms with Crippen LogP contribution in [0.2, 0.25) is 5.02 Å². The van der Waals surface area contributed by atoms with E-state index < -0.39 is 0 Å². The van der Waals surface area contributed by atoms with Crippen molar-refractivity contribution in [3.05, 3.63) is 34.9 Å². The second kappa shape index (κ2) is 8.15. The zero-order chi connectivity index (χ0) is 9.10. The van der Waals surface area contributed by atoms with Crippen molar-refractivity contribution < 1.29 is 24.0 Å². The van der Waals surface area contributed by atoms with Crippen LogP contribution >= 0.6 is 11.6 Å². The van der Waals surface area contributed by atoms with Crippen molar-refractivity contribution in [1.82, 2.24) is 0 Å². The normalized spacial score (nSPS) is 16.3. The van der Waals surface area contributed by atoms with Gasteiger partial charge in [0, 0.05) is 0 Å². The third-order valence-electron chi connectivity index (χ3n) is 2.89. The van der Waals surface area contributed by atoms with Crippen LogP contribution in [0.25, 0.3) is 0 Å². The predicted octanol–water partition coefficient (Wildman–Crippen LogP) is 0.811. The molecule has 0 saturated heterocycles. The van der Waals surface area contributed by atoms with Crippen LogP contribution in [0.5, 0.6) is 0 Å². The second-order valence-electron chi connectivity index (χ2n) is 3.78. The van der Waals surface area contributed by atoms with E-state index in [-0.39, 0.29) is 47.0 Å². The van der Waals surface area contributed by atoms with E-state index in [1.807, 2.05) is 12.1 Å². The van der Waals surface area contributed by atoms with Crippen molar-refractivity contribution in [2.24, 2.45) is 0 Å². The van der Waals surface area contributed by atoms with Crippen molar-refractivity contribution in [1.29, 1.82) is 0 Å². The monoisotopic (exact) mass is 344 g/mol. The molecule has 0 amide bonds. The Labute approximate surface area is 130 Å². The molecule has 1 aliphatic rings. The smallest absolute Gasteiger partial charge is 1.00 e. The summed E-state index contributed by atoms with van der Waals surface area (Å²) in [6.45, 7) is 0. The van der Waals surface area contributed by atoms with Gasteiger partial charge in [-0.25, -0.2) is 0 Å². The fourth-order valence-electron chi connectivity index (χ4n) is 2.17. The van der Waals surface area contributed by atoms with Gasteiger partial charge in [0.1, 0.15) is 0 Å². The molecular formula is C12H14ClIMg. The van der Waals surface area contributed by atoms with Gasteiger partial charge in [0.25, 0.3) is 0 Å². The largest absolute Gasteiger partial charge is 2.00 e. The van der Waals surface area contributed by atoms with Gasteiger partial charge in [-0.05, 0) is 18.8 Å². The van der Waals surface area contributed by atoms with E-state index in [0.717, 1.165) is 5.02 Å². The molecule has 1 aromatic rings. The molecule has 0 N–H and O–H groups in total. The maximum absolute atomic E-state index is 6.13. The summed E-state index contributed by atoms with van der Waals surface area (Å²) < 4.78 is 0. The van der Waals surface area contributed by atoms with Crippen LogP contribution in [-0.2, 0) is 0 Å². The average Bonchev–Trinajstić information content (AvgIpc) is 2.20. The average molecular weight is 345 g/mol. The topological polar surface area (TPSA) is 0 Å². The SMILES string of the molecule is Clc1c[c-]ccc1C1CCCCC1.[I-].[Mg+2]. The summed E-state index contributed by atoms with van der Waals surface area (Å²) in [6.07, 6.45) is 6.74. The van der Waals surface area contributed by atoms with Crippen molar-refractivity contribution >= 4 is 34.7 Å². The molecule has 0 aromatic heterocycles. The minimum atomic E-state index is 0. The number of hydrogen-bond acceptors (Lipinski definition) is 0. The summed E-state index contributed by atoms with van der Waals surface area (Å²) in [7, 11) is 0. The van der Waals surface area contributed by atoms with Crippen LogP contribution in [0, 0.1) is 6.07 Å². The molecule has 1 fully saturated rings. The van der Waals surface area contributed by atoms with Crippen molar-refractivity contribution in [2.45, 2.75) is 38.0 Å². The quantitative estimate of drug-likeness (QED) is 0.402. The van der Waals surface area contributed by atoms with Crippen LogP contribution in [0.15, 0.2) is 18.2 Å². The van der Waals surface area contributed by atoms with Gasteiger partial charge in [0.05, 0.1) is 0 Å². The molecule has 0 spiro atoms. The van der Waals surface area contributed by atoms with Crippen LogP contribution in [-0.4, -0.2) is 23.1 Å². The first-order chi connectivity index (χ1) is 6.38. The zero-order valence-electron chi connectivity index (χ0n) is 8.81. The van der Waals surface area contributed by atoms with E-state index in [0.29, 0.717) is 5.92 Å². The minimum Gasteiger partial charge on any atom is -1.00 e. The Morgan fingerprint density at radius 3 is 2.47 bits per heavy atom. The van der Waals surface area contributed by atoms with Gasteiger partial charge in [-0.1, -0.05) is 24.3 Å². The molecule has 0 heterocycles. The van der Waals surface area contributed by atoms with Gasteiger partial charge in [-0.3, -0.25) is 0 Å². The van der Waals surface area contributed by atoms with Crippen molar-refractivity contribution in [3.8, 4) is 0 Å². The third-order valence-corrected chi connectivity index (χ3v) is 3.22. The number of rotatable bonds is 1. The summed E-state index contributed by atoms with van der Waals surface area (Å²) >= 11 is 6.13. The molecule has 2 rings (SSSR count). The van der Waals surface area contributed by atoms with Crippen molar-refractivity contribution in [3.63, 3.8) is 0 Å². The summed E-state index contributed by atoms with van der Waals surface area (Å²) in [4.78, 5) is 0. The molecule has 1 aromatic carbocycles. The molecule has 1 saturated carbocycles. The number of hydrogen-bond donors (Lipinski definition) is 0. The summed E-state index contributed by atoms with van der Waals surface area (Å²) in [5, 5.41) is 0.898. The Balaban J connectivity index is 0.000000980. The first kappa shape index (κ1) is 16.0. The summed E-state index contributed by atoms with van der Waals surface area (Å²) in [5.41, 5.74) is 1.33. The molecule has 0 bridgehead atoms. The molecule has 0 nitrogen and oxygen atoms in total. The number of benzene rings is 1. The first-order valence-electron chi connectivity index (χ1n) is 5.03. The Bertz CT molecular complexity index is 285. The van der Waals surface area contributed by atoms with E-state index in [1.54, 1.807) is 0 Å². The fraction of sp³-hybridized carbons (Fsp3) is 0.500. The van der Waals surface area contributed by atoms with Gasteiger partial charge in [-0.2, -0.15) is 35.9 Å². The summed E-state index contributed by atoms with van der Waals surface area (Å²) in [5.74, 6) is 0.704. The molecule has 1 aliphatic carbocycles. The minimum absolute atomic E-state index is 0. The Hall–Kier alpha value is 1.01. The molecule has 3 heteroatoms. The van der Waals surface area contributed by atoms with Crippen LogP contribution in [0.4, 0.5) is 0 Å².